The van der Waals surface area contributed by atoms with E-state index in [1.54, 1.807) is 14.0 Å². The summed E-state index contributed by atoms with van der Waals surface area (Å²) in [5, 5.41) is 3.79. The van der Waals surface area contributed by atoms with Crippen molar-refractivity contribution in [1.29, 1.82) is 0 Å². The fourth-order valence-electron chi connectivity index (χ4n) is 5.31. The summed E-state index contributed by atoms with van der Waals surface area (Å²) in [5.74, 6) is 6.65. The van der Waals surface area contributed by atoms with E-state index in [2.05, 4.69) is 32.0 Å². The lowest BCUT2D eigenvalue weighted by molar-refractivity contribution is -0.138. The molecule has 5 rings (SSSR count). The van der Waals surface area contributed by atoms with Gasteiger partial charge in [0.2, 0.25) is 12.4 Å². The highest BCUT2D eigenvalue weighted by molar-refractivity contribution is 6.03. The first-order valence-electron chi connectivity index (χ1n) is 12.4. The number of fused-ring (bicyclic) bond motifs is 2. The molecule has 0 spiro atoms. The number of aliphatic imine (C=N–C) groups is 1. The molecular weight excluding hydrogens is 472 g/mol. The number of aryl methyl sites for hydroxylation is 1. The van der Waals surface area contributed by atoms with Crippen molar-refractivity contribution in [3.63, 3.8) is 0 Å². The highest BCUT2D eigenvalue weighted by Gasteiger charge is 2.53. The van der Waals surface area contributed by atoms with E-state index in [9.17, 15) is 14.4 Å². The highest BCUT2D eigenvalue weighted by atomic mass is 16.2. The average molecular weight is 503 g/mol. The van der Waals surface area contributed by atoms with Gasteiger partial charge in [0, 0.05) is 37.3 Å². The van der Waals surface area contributed by atoms with Crippen LogP contribution >= 0.6 is 0 Å². The van der Waals surface area contributed by atoms with Crippen molar-refractivity contribution in [3.05, 3.63) is 35.8 Å². The largest absolute Gasteiger partial charge is 0.354 e. The van der Waals surface area contributed by atoms with E-state index in [1.165, 1.54) is 9.80 Å². The summed E-state index contributed by atoms with van der Waals surface area (Å²) in [5.41, 5.74) is 1.56. The van der Waals surface area contributed by atoms with Gasteiger partial charge in [0.15, 0.2) is 12.2 Å². The molecule has 0 radical (unpaired) electrons. The smallest absolute Gasteiger partial charge is 0.328 e. The van der Waals surface area contributed by atoms with E-state index in [0.717, 1.165) is 42.4 Å². The Morgan fingerprint density at radius 3 is 2.81 bits per heavy atom. The number of imide groups is 1. The minimum absolute atomic E-state index is 0.00413. The number of hydrogen-bond acceptors (Lipinski definition) is 8. The summed E-state index contributed by atoms with van der Waals surface area (Å²) >= 11 is 0. The van der Waals surface area contributed by atoms with Gasteiger partial charge in [-0.3, -0.25) is 14.5 Å². The van der Waals surface area contributed by atoms with Crippen molar-refractivity contribution in [3.8, 4) is 11.8 Å². The zero-order valence-corrected chi connectivity index (χ0v) is 21.2. The Labute approximate surface area is 215 Å². The molecule has 4 heterocycles. The molecule has 3 unspecified atom stereocenters. The van der Waals surface area contributed by atoms with Crippen LogP contribution in [-0.4, -0.2) is 98.8 Å². The summed E-state index contributed by atoms with van der Waals surface area (Å²) in [6.45, 7) is 5.22. The minimum Gasteiger partial charge on any atom is -0.354 e. The summed E-state index contributed by atoms with van der Waals surface area (Å²) in [6.07, 6.45) is 1.81. The summed E-state index contributed by atoms with van der Waals surface area (Å²) in [4.78, 5) is 59.0. The number of carbonyl (C=O) groups excluding carboxylic acids is 3. The molecule has 192 valence electrons. The fourth-order valence-corrected chi connectivity index (χ4v) is 5.31. The third-order valence-electron chi connectivity index (χ3n) is 7.15. The number of urea groups is 1. The van der Waals surface area contributed by atoms with E-state index in [1.807, 2.05) is 36.1 Å². The topological polar surface area (TPSA) is 114 Å². The predicted octanol–water partition coefficient (Wildman–Crippen LogP) is 0.932. The van der Waals surface area contributed by atoms with Crippen molar-refractivity contribution in [2.45, 2.75) is 51.5 Å². The third kappa shape index (κ3) is 4.43. The van der Waals surface area contributed by atoms with E-state index >= 15 is 0 Å². The van der Waals surface area contributed by atoms with Gasteiger partial charge in [-0.15, -0.1) is 5.92 Å². The lowest BCUT2D eigenvalue weighted by Crippen LogP contribution is -2.65. The summed E-state index contributed by atoms with van der Waals surface area (Å²) < 4.78 is 0. The molecule has 4 amide bonds. The van der Waals surface area contributed by atoms with Gasteiger partial charge in [-0.25, -0.2) is 19.8 Å². The molecule has 0 saturated carbocycles. The fraction of sp³-hybridized carbons (Fsp3) is 0.462. The maximum Gasteiger partial charge on any atom is 0.328 e. The number of nitrogens with zero attached hydrogens (tertiary/aromatic N) is 7. The second-order valence-corrected chi connectivity index (χ2v) is 9.47. The van der Waals surface area contributed by atoms with E-state index < -0.39 is 18.2 Å². The average Bonchev–Trinajstić information content (AvgIpc) is 3.29. The van der Waals surface area contributed by atoms with Gasteiger partial charge in [-0.1, -0.05) is 24.1 Å². The molecule has 11 nitrogen and oxygen atoms in total. The van der Waals surface area contributed by atoms with Crippen LogP contribution < -0.4 is 5.32 Å². The van der Waals surface area contributed by atoms with Crippen LogP contribution in [0.2, 0.25) is 0 Å². The molecule has 11 heteroatoms. The van der Waals surface area contributed by atoms with Crippen molar-refractivity contribution in [2.24, 2.45) is 4.99 Å². The maximum absolute atomic E-state index is 13.9. The van der Waals surface area contributed by atoms with Gasteiger partial charge in [-0.05, 0) is 32.8 Å². The lowest BCUT2D eigenvalue weighted by Gasteiger charge is -2.42. The molecule has 2 saturated heterocycles. The Hall–Kier alpha value is -4.20. The summed E-state index contributed by atoms with van der Waals surface area (Å²) in [6, 6.07) is 6.51. The Morgan fingerprint density at radius 1 is 1.22 bits per heavy atom. The Kier molecular flexibility index (Phi) is 6.65. The van der Waals surface area contributed by atoms with Crippen molar-refractivity contribution < 1.29 is 14.4 Å². The molecule has 0 bridgehead atoms. The highest BCUT2D eigenvalue weighted by Crippen LogP contribution is 2.30. The molecule has 37 heavy (non-hydrogen) atoms. The molecule has 3 aliphatic heterocycles. The van der Waals surface area contributed by atoms with E-state index in [4.69, 9.17) is 4.99 Å². The van der Waals surface area contributed by atoms with Crippen LogP contribution in [-0.2, 0) is 16.1 Å². The number of likely N-dealkylation sites (tertiary alicyclic amines) is 1. The second kappa shape index (κ2) is 10.0. The van der Waals surface area contributed by atoms with Crippen molar-refractivity contribution >= 4 is 35.2 Å². The van der Waals surface area contributed by atoms with Gasteiger partial charge >= 0.3 is 6.03 Å². The van der Waals surface area contributed by atoms with Crippen LogP contribution in [0.15, 0.2) is 29.3 Å². The van der Waals surface area contributed by atoms with E-state index in [-0.39, 0.29) is 18.5 Å². The number of amides is 4. The number of nitrogens with one attached hydrogen (secondary N) is 1. The zero-order chi connectivity index (χ0) is 26.1. The van der Waals surface area contributed by atoms with Gasteiger partial charge in [0.25, 0.3) is 5.91 Å². The minimum atomic E-state index is -0.709. The molecule has 1 N–H and O–H groups in total. The summed E-state index contributed by atoms with van der Waals surface area (Å²) in [7, 11) is 1.66. The number of guanidine groups is 1. The molecule has 2 fully saturated rings. The number of benzene rings is 1. The Balaban J connectivity index is 1.45. The van der Waals surface area contributed by atoms with Crippen LogP contribution in [0, 0.1) is 18.8 Å². The van der Waals surface area contributed by atoms with Gasteiger partial charge < -0.3 is 20.0 Å². The van der Waals surface area contributed by atoms with Crippen LogP contribution in [0.4, 0.5) is 4.79 Å². The van der Waals surface area contributed by atoms with Crippen molar-refractivity contribution in [1.82, 2.24) is 34.9 Å². The maximum atomic E-state index is 13.9. The van der Waals surface area contributed by atoms with Crippen LogP contribution in [0.1, 0.15) is 31.3 Å². The van der Waals surface area contributed by atoms with Crippen LogP contribution in [0.5, 0.6) is 0 Å². The number of rotatable bonds is 5. The first-order valence-corrected chi connectivity index (χ1v) is 12.4. The van der Waals surface area contributed by atoms with Gasteiger partial charge in [0.05, 0.1) is 18.6 Å². The van der Waals surface area contributed by atoms with Gasteiger partial charge in [0.1, 0.15) is 5.82 Å². The zero-order valence-electron chi connectivity index (χ0n) is 21.2. The first-order chi connectivity index (χ1) is 17.9. The number of para-hydroxylation sites is 1. The number of likely N-dealkylation sites (N-methyl/N-ethyl adjacent to an activating group) is 1. The lowest BCUT2D eigenvalue weighted by atomic mass is 10.1. The SMILES string of the molecule is CC#CCN1C(N2CCCC(NC=O)C2)=NC2C1C(=O)N(Cc1nc(C)c3ccccc3n1)C(=O)N2C. The first kappa shape index (κ1) is 24.5. The molecule has 0 aliphatic carbocycles. The molecule has 1 aromatic heterocycles. The second-order valence-electron chi connectivity index (χ2n) is 9.47. The number of carbonyl (C=O) groups is 3. The monoisotopic (exact) mass is 502 g/mol. The quantitative estimate of drug-likeness (QED) is 0.478. The normalized spacial score (nSPS) is 23.5. The molecule has 3 aliphatic rings. The Bertz CT molecular complexity index is 1330. The van der Waals surface area contributed by atoms with Crippen LogP contribution in [0.25, 0.3) is 10.9 Å². The standard InChI is InChI=1S/C26H30N8O3/c1-4-5-13-33-22-23(30-25(33)32-12-8-9-18(14-32)27-16-35)31(3)26(37)34(24(22)36)15-21-28-17(2)19-10-6-7-11-20(19)29-21/h6-7,10-11,16,18,22-23H,8-9,12-15H2,1-3H3,(H,27,35). The number of piperidine rings is 1. The number of aromatic nitrogens is 2. The molecular formula is C26H30N8O3. The Morgan fingerprint density at radius 2 is 2.03 bits per heavy atom. The van der Waals surface area contributed by atoms with E-state index in [0.29, 0.717) is 24.9 Å². The van der Waals surface area contributed by atoms with Gasteiger partial charge in [-0.2, -0.15) is 0 Å². The van der Waals surface area contributed by atoms with Crippen LogP contribution in [0.3, 0.4) is 0 Å². The number of hydrogen-bond donors (Lipinski definition) is 1. The predicted molar refractivity (Wildman–Crippen MR) is 137 cm³/mol. The molecule has 3 atom stereocenters. The molecule has 1 aromatic carbocycles. The molecule has 2 aromatic rings. The van der Waals surface area contributed by atoms with Crippen molar-refractivity contribution in [2.75, 3.05) is 26.7 Å². The third-order valence-corrected chi connectivity index (χ3v) is 7.15.